The average molecular weight is 2020 g/mol. The van der Waals surface area contributed by atoms with Gasteiger partial charge in [0.15, 0.2) is 56.1 Å². The van der Waals surface area contributed by atoms with E-state index >= 15 is 4.79 Å². The number of hydrogen-bond acceptors (Lipinski definition) is 45. The first-order chi connectivity index (χ1) is 65.7. The third kappa shape index (κ3) is 21.6. The summed E-state index contributed by atoms with van der Waals surface area (Å²) in [7, 11) is 0. The average Bonchev–Trinajstić information content (AvgIpc) is 0.689. The summed E-state index contributed by atoms with van der Waals surface area (Å²) < 4.78 is 109. The van der Waals surface area contributed by atoms with E-state index in [4.69, 9.17) is 85.3 Å². The minimum atomic E-state index is -2.34. The number of allylic oxidation sites excluding steroid dienone is 2. The fourth-order valence-corrected chi connectivity index (χ4v) is 24.6. The molecule has 46 nitrogen and oxygen atoms in total. The van der Waals surface area contributed by atoms with Crippen LogP contribution in [-0.4, -0.2) is 438 Å². The van der Waals surface area contributed by atoms with E-state index < -0.39 is 371 Å². The zero-order chi connectivity index (χ0) is 103. The van der Waals surface area contributed by atoms with E-state index in [0.29, 0.717) is 44.9 Å². The van der Waals surface area contributed by atoms with Crippen LogP contribution < -0.4 is 0 Å². The molecule has 0 aromatic heterocycles. The van der Waals surface area contributed by atoms with Crippen LogP contribution in [0.2, 0.25) is 0 Å². The molecule has 8 heterocycles. The number of carboxylic acid groups (broad SMARTS) is 1. The first-order valence-electron chi connectivity index (χ1n) is 49.3. The third-order valence-corrected chi connectivity index (χ3v) is 33.9. The number of carbonyl (C=O) groups excluding carboxylic acids is 4. The van der Waals surface area contributed by atoms with Crippen molar-refractivity contribution in [2.45, 2.75) is 443 Å². The van der Waals surface area contributed by atoms with Crippen molar-refractivity contribution < 1.29 is 227 Å². The highest BCUT2D eigenvalue weighted by Gasteiger charge is 2.74. The second-order valence-electron chi connectivity index (χ2n) is 43.4. The van der Waals surface area contributed by atoms with Crippen molar-refractivity contribution in [3.05, 3.63) is 11.6 Å². The number of aliphatic hydroxyl groups is 22. The molecule has 5 aliphatic carbocycles. The van der Waals surface area contributed by atoms with Gasteiger partial charge in [-0.25, -0.2) is 4.79 Å². The van der Waals surface area contributed by atoms with E-state index in [1.54, 1.807) is 27.7 Å². The normalized spacial score (nSPS) is 48.8. The molecule has 46 heteroatoms. The van der Waals surface area contributed by atoms with Crippen molar-refractivity contribution in [2.24, 2.45) is 62.1 Å². The van der Waals surface area contributed by atoms with E-state index in [2.05, 4.69) is 19.9 Å². The maximum Gasteiger partial charge on any atom is 0.335 e. The van der Waals surface area contributed by atoms with Crippen LogP contribution in [0.1, 0.15) is 193 Å². The van der Waals surface area contributed by atoms with Gasteiger partial charge >= 0.3 is 23.9 Å². The molecule has 51 atom stereocenters. The number of rotatable bonds is 36. The third-order valence-electron chi connectivity index (χ3n) is 33.9. The lowest BCUT2D eigenvalue weighted by atomic mass is 9.33. The summed E-state index contributed by atoms with van der Waals surface area (Å²) >= 11 is 0. The van der Waals surface area contributed by atoms with E-state index in [0.717, 1.165) is 11.9 Å². The monoisotopic (exact) mass is 2020 g/mol. The Bertz CT molecular complexity index is 4170. The molecule has 13 rings (SSSR count). The molecule has 0 amide bonds. The molecule has 0 aromatic carbocycles. The standard InChI is InChI=1S/C94H152O46/c1-14-38(4)48(128-56(103)27-43(100)26-49(39(5)15-2)140-94(122)37-124-47(16-3)76(94)116)25-42(99)28-57(104)132-70-41(7)127-83(74(66(70)113)137-80-65(112)62(109)69(40(6)126-80)133-79-68(115)71(46(101)33-123-79)134-85-77(117)92(121,35-98)36-125-85)139-86(120)93-24-23-87(8,9)29-45(93)44-17-18-53-88(10)21-20-55(89(11,34-97)52(88)19-22-90(53,12)91(44,13)30-54(93)102)131-84-75(138-82-64(111)61(108)59(106)51(32-96)130-82)72(67(114)73(136-84)78(118)119)135-81-63(110)60(107)58(105)50(31-95)129-81/h17,34,38-43,45-55,58-77,79-85,95-96,98-102,105-117,121-122H,14-16,18-33,35-37H2,1-13H3,(H,118,119)/t38-,39-,40?,41?,42-,43-,45?,46?,47-,48-,49-,50?,51?,52?,53?,54+,55-,58+,59-,60-,61-,62+,63?,64?,65?,66?,67+,68-,69-,70+,71-,72-,73?,74+,75?,76?,77?,79?,80-,81-,82-,83-,84+,85-,88-,89-,90+,91+,92+,93+,94?/m0/s1. The summed E-state index contributed by atoms with van der Waals surface area (Å²) in [5, 5.41) is 259. The van der Waals surface area contributed by atoms with Crippen LogP contribution in [0.25, 0.3) is 0 Å². The first kappa shape index (κ1) is 113. The summed E-state index contributed by atoms with van der Waals surface area (Å²) in [5.74, 6) is -9.41. The molecular weight excluding hydrogens is 1860 g/mol. The maximum atomic E-state index is 16.4. The Hall–Kier alpha value is -4.19. The highest BCUT2D eigenvalue weighted by atomic mass is 16.8. The Morgan fingerprint density at radius 2 is 1.08 bits per heavy atom. The Balaban J connectivity index is 0.752. The minimum absolute atomic E-state index is 0.00775. The number of carboxylic acids is 1. The zero-order valence-corrected chi connectivity index (χ0v) is 81.3. The fraction of sp³-hybridized carbons (Fsp3) is 0.926. The van der Waals surface area contributed by atoms with Gasteiger partial charge in [-0.2, -0.15) is 0 Å². The first-order valence-corrected chi connectivity index (χ1v) is 49.3. The van der Waals surface area contributed by atoms with Crippen molar-refractivity contribution in [3.8, 4) is 0 Å². The van der Waals surface area contributed by atoms with Crippen LogP contribution >= 0.6 is 0 Å². The van der Waals surface area contributed by atoms with Gasteiger partial charge in [0.2, 0.25) is 12.1 Å². The van der Waals surface area contributed by atoms with Crippen molar-refractivity contribution in [3.63, 3.8) is 0 Å². The second-order valence-corrected chi connectivity index (χ2v) is 43.4. The van der Waals surface area contributed by atoms with Crippen LogP contribution in [0.3, 0.4) is 0 Å². The van der Waals surface area contributed by atoms with Gasteiger partial charge in [0.1, 0.15) is 152 Å². The molecule has 8 aliphatic heterocycles. The fourth-order valence-electron chi connectivity index (χ4n) is 24.6. The molecule has 0 bridgehead atoms. The minimum Gasteiger partial charge on any atom is -0.479 e. The van der Waals surface area contributed by atoms with Crippen molar-refractivity contribution >= 4 is 30.2 Å². The number of fused-ring (bicyclic) bond motifs is 7. The molecule has 18 unspecified atom stereocenters. The molecule has 8 saturated heterocycles. The largest absolute Gasteiger partial charge is 0.479 e. The van der Waals surface area contributed by atoms with E-state index in [1.807, 2.05) is 34.6 Å². The van der Waals surface area contributed by atoms with Crippen LogP contribution in [0, 0.1) is 62.1 Å². The molecule has 23 N–H and O–H groups in total. The number of aliphatic carboxylic acids is 1. The van der Waals surface area contributed by atoms with Gasteiger partial charge in [-0.05, 0) is 129 Å². The number of esters is 3. The Labute approximate surface area is 810 Å². The summed E-state index contributed by atoms with van der Waals surface area (Å²) in [6, 6.07) is 0. The molecule has 140 heavy (non-hydrogen) atoms. The zero-order valence-electron chi connectivity index (χ0n) is 81.3. The lowest BCUT2D eigenvalue weighted by Gasteiger charge is -2.71. The number of hydrogen-bond donors (Lipinski definition) is 23. The lowest BCUT2D eigenvalue weighted by Crippen LogP contribution is -2.69. The molecular formula is C94H152O46. The molecule has 804 valence electrons. The van der Waals surface area contributed by atoms with Crippen molar-refractivity contribution in [1.82, 2.24) is 0 Å². The van der Waals surface area contributed by atoms with Gasteiger partial charge in [-0.1, -0.05) is 101 Å². The number of aldehydes is 1. The second kappa shape index (κ2) is 44.5. The predicted octanol–water partition coefficient (Wildman–Crippen LogP) is -4.91. The summed E-state index contributed by atoms with van der Waals surface area (Å²) in [4.78, 5) is 72.3. The van der Waals surface area contributed by atoms with E-state index in [1.165, 1.54) is 13.8 Å². The van der Waals surface area contributed by atoms with Gasteiger partial charge in [0.05, 0.1) is 100 Å². The van der Waals surface area contributed by atoms with Gasteiger partial charge in [-0.3, -0.25) is 14.4 Å². The van der Waals surface area contributed by atoms with Gasteiger partial charge < -0.3 is 208 Å². The number of ether oxygens (including phenoxy) is 18. The van der Waals surface area contributed by atoms with Gasteiger partial charge in [0.25, 0.3) is 0 Å². The van der Waals surface area contributed by atoms with E-state index in [9.17, 15) is 137 Å². The highest BCUT2D eigenvalue weighted by Crippen LogP contribution is 2.76. The number of carbonyl (C=O) groups is 5. The van der Waals surface area contributed by atoms with Gasteiger partial charge in [0, 0.05) is 12.8 Å². The summed E-state index contributed by atoms with van der Waals surface area (Å²) in [5.41, 5.74) is -7.80. The van der Waals surface area contributed by atoms with Crippen LogP contribution in [-0.2, 0) is 109 Å². The molecule has 0 aromatic rings. The topological polar surface area (TPSA) is 717 Å². The summed E-state index contributed by atoms with van der Waals surface area (Å²) in [6.45, 7) is 19.3. The Kier molecular flexibility index (Phi) is 35.9. The van der Waals surface area contributed by atoms with Crippen molar-refractivity contribution in [2.75, 3.05) is 39.6 Å². The van der Waals surface area contributed by atoms with Crippen LogP contribution in [0.4, 0.5) is 0 Å². The highest BCUT2D eigenvalue weighted by molar-refractivity contribution is 5.80. The lowest BCUT2D eigenvalue weighted by molar-refractivity contribution is -0.395. The molecule has 0 spiro atoms. The van der Waals surface area contributed by atoms with Gasteiger partial charge in [-0.15, -0.1) is 0 Å². The molecule has 0 radical (unpaired) electrons. The molecule has 12 fully saturated rings. The summed E-state index contributed by atoms with van der Waals surface area (Å²) in [6.07, 6.45) is -65.8. The number of aliphatic hydroxyl groups excluding tert-OH is 20. The van der Waals surface area contributed by atoms with Crippen molar-refractivity contribution in [1.29, 1.82) is 0 Å². The SMILES string of the molecule is CC[C@@H]1OCC(O)(O[C@@H](C[C@H](O)CC(=O)O[C@@H](C[C@H](O)CC(=O)O[C@@H]2C(C)O[C@@H](OC(=O)[C@]34CCC(C)(C)CC3C3=CCC5[C@@]6(C)CC[C@H](O[C@@H]7OC(C(=O)O)[C@H](O)[C@H](O[C@@H]8OC(CO)[C@@H](O)[C@H](O)C8O)C7O[C@@H]7OC(CO)[C@H](O)[C@H](O)C7O)[C@@](C)(C=O)C6CC[C@@]5(C)[C@]3(C)C[C@H]4O)[C@H](O[C@@H]3OC(C)[C@H](OC4OCC(O)[C@H](O[C@@H]5OC[C@](O)(CO)C5O)[C@@H]4O)[C@H](O)C3O)C2O)[C@@H](C)CC)[C@@H](C)CC)C1O. The van der Waals surface area contributed by atoms with Crippen LogP contribution in [0.5, 0.6) is 0 Å². The van der Waals surface area contributed by atoms with E-state index in [-0.39, 0.29) is 63.4 Å². The smallest absolute Gasteiger partial charge is 0.335 e. The molecule has 4 saturated carbocycles. The Morgan fingerprint density at radius 1 is 0.514 bits per heavy atom. The van der Waals surface area contributed by atoms with Crippen LogP contribution in [0.15, 0.2) is 11.6 Å². The molecule has 13 aliphatic rings. The maximum absolute atomic E-state index is 16.4. The predicted molar refractivity (Wildman–Crippen MR) is 467 cm³/mol. The Morgan fingerprint density at radius 3 is 1.66 bits per heavy atom. The quantitative estimate of drug-likeness (QED) is 0.00698.